The number of imide groups is 3. The number of hydrazine groups is 1. The molecule has 1 aliphatic heterocycles. The van der Waals surface area contributed by atoms with E-state index in [2.05, 4.69) is 53.4 Å². The van der Waals surface area contributed by atoms with E-state index in [9.17, 15) is 24.0 Å². The van der Waals surface area contributed by atoms with Gasteiger partial charge in [0.1, 0.15) is 5.57 Å². The van der Waals surface area contributed by atoms with Crippen molar-refractivity contribution in [1.29, 1.82) is 0 Å². The predicted molar refractivity (Wildman–Crippen MR) is 247 cm³/mol. The van der Waals surface area contributed by atoms with Crippen LogP contribution in [-0.4, -0.2) is 74.0 Å². The first-order valence-corrected chi connectivity index (χ1v) is 23.3. The van der Waals surface area contributed by atoms with Crippen molar-refractivity contribution in [3.05, 3.63) is 63.2 Å². The van der Waals surface area contributed by atoms with E-state index in [4.69, 9.17) is 4.98 Å². The van der Waals surface area contributed by atoms with E-state index < -0.39 is 52.0 Å². The van der Waals surface area contributed by atoms with Gasteiger partial charge in [-0.05, 0) is 82.1 Å². The molecular formula is C49H73N5O6S. The van der Waals surface area contributed by atoms with Crippen LogP contribution in [-0.2, 0) is 29.4 Å². The summed E-state index contributed by atoms with van der Waals surface area (Å²) in [6, 6.07) is 7.89. The fourth-order valence-corrected chi connectivity index (χ4v) is 9.13. The maximum absolute atomic E-state index is 15.2. The number of carbonyl (C=O) groups excluding carboxylic acids is 6. The van der Waals surface area contributed by atoms with Crippen LogP contribution in [0.3, 0.4) is 0 Å². The molecule has 0 aliphatic carbocycles. The number of benzene rings is 1. The van der Waals surface area contributed by atoms with Gasteiger partial charge in [-0.1, -0.05) is 130 Å². The second-order valence-electron chi connectivity index (χ2n) is 18.5. The minimum Gasteiger partial charge on any atom is -0.348 e. The molecule has 3 rings (SSSR count). The number of amides is 6. The molecule has 336 valence electrons. The van der Waals surface area contributed by atoms with E-state index in [0.29, 0.717) is 39.6 Å². The van der Waals surface area contributed by atoms with Crippen molar-refractivity contribution in [3.63, 3.8) is 0 Å². The van der Waals surface area contributed by atoms with Crippen molar-refractivity contribution in [1.82, 2.24) is 19.9 Å². The Bertz CT molecular complexity index is 1920. The highest BCUT2D eigenvalue weighted by Crippen LogP contribution is 2.40. The third-order valence-electron chi connectivity index (χ3n) is 11.3. The second-order valence-corrected chi connectivity index (χ2v) is 19.5. The molecule has 61 heavy (non-hydrogen) atoms. The number of hydrogen-bond acceptors (Lipinski definition) is 9. The average molecular weight is 860 g/mol. The van der Waals surface area contributed by atoms with E-state index >= 15 is 4.79 Å². The van der Waals surface area contributed by atoms with Crippen LogP contribution >= 0.6 is 11.3 Å². The van der Waals surface area contributed by atoms with Gasteiger partial charge < -0.3 is 4.90 Å². The Labute approximate surface area is 370 Å². The molecule has 0 spiro atoms. The topological polar surface area (TPSA) is 128 Å². The second kappa shape index (κ2) is 22.6. The van der Waals surface area contributed by atoms with Crippen LogP contribution in [0.25, 0.3) is 6.08 Å². The molecule has 1 aromatic carbocycles. The highest BCUT2D eigenvalue weighted by Gasteiger charge is 2.48. The molecular weight excluding hydrogens is 787 g/mol. The Morgan fingerprint density at radius 1 is 0.754 bits per heavy atom. The standard InChI is InChI=1S/C49H73N5O6S/c1-14-19-25-35(17-4)31-51(32-36(18-5)26-20-15-2)47-50-42(48(8,9)10)40(61-47)30-39-38(29-21-16-3)41(45(59)52(33(6)55)49(11,12)13)46(60)54(44(39)58)53(34(7)56)43(57)37-27-23-22-24-28-37/h22-24,27-28,30,35-36H,14-21,25-26,29,31-32H2,1-13H3/b39-30-/t35-,36?/m0/s1. The molecule has 0 bridgehead atoms. The van der Waals surface area contributed by atoms with Crippen LogP contribution in [0.15, 0.2) is 47.1 Å². The molecule has 1 aromatic heterocycles. The Morgan fingerprint density at radius 2 is 1.30 bits per heavy atom. The van der Waals surface area contributed by atoms with Crippen molar-refractivity contribution in [3.8, 4) is 0 Å². The van der Waals surface area contributed by atoms with Crippen LogP contribution in [0.5, 0.6) is 0 Å². The lowest BCUT2D eigenvalue weighted by Gasteiger charge is -2.39. The zero-order valence-electron chi connectivity index (χ0n) is 39.4. The van der Waals surface area contributed by atoms with Crippen LogP contribution in [0.4, 0.5) is 5.13 Å². The van der Waals surface area contributed by atoms with E-state index in [1.807, 2.05) is 6.92 Å². The summed E-state index contributed by atoms with van der Waals surface area (Å²) in [4.78, 5) is 95.3. The zero-order valence-corrected chi connectivity index (χ0v) is 40.2. The fourth-order valence-electron chi connectivity index (χ4n) is 7.89. The highest BCUT2D eigenvalue weighted by atomic mass is 32.1. The van der Waals surface area contributed by atoms with Gasteiger partial charge in [0.05, 0.1) is 10.6 Å². The van der Waals surface area contributed by atoms with Gasteiger partial charge >= 0.3 is 0 Å². The summed E-state index contributed by atoms with van der Waals surface area (Å²) in [5, 5.41) is 1.85. The van der Waals surface area contributed by atoms with Crippen LogP contribution in [0.2, 0.25) is 0 Å². The Hall–Kier alpha value is -4.45. The SMILES string of the molecule is CCCCC1=C(C(=O)N(C(C)=O)C(C)(C)C)C(=O)N(N(C(C)=O)C(=O)c2ccccc2)C(=O)/C1=C\c1sc(N(CC(CC)CCCC)C[C@@H](CC)CCCC)nc1C(C)(C)C. The molecule has 0 radical (unpaired) electrons. The highest BCUT2D eigenvalue weighted by molar-refractivity contribution is 7.16. The quantitative estimate of drug-likeness (QED) is 0.0731. The zero-order chi connectivity index (χ0) is 45.8. The number of carbonyl (C=O) groups is 6. The Kier molecular flexibility index (Phi) is 18.8. The molecule has 2 heterocycles. The summed E-state index contributed by atoms with van der Waals surface area (Å²) in [6.45, 7) is 26.2. The molecule has 6 amide bonds. The summed E-state index contributed by atoms with van der Waals surface area (Å²) in [5.41, 5.74) is -0.993. The maximum atomic E-state index is 15.2. The summed E-state index contributed by atoms with van der Waals surface area (Å²) >= 11 is 1.48. The molecule has 11 nitrogen and oxygen atoms in total. The van der Waals surface area contributed by atoms with E-state index in [1.54, 1.807) is 45.0 Å². The van der Waals surface area contributed by atoms with Crippen LogP contribution in [0.1, 0.15) is 182 Å². The average Bonchev–Trinajstić information content (AvgIpc) is 3.63. The third kappa shape index (κ3) is 12.8. The van der Waals surface area contributed by atoms with Crippen LogP contribution in [0, 0.1) is 11.8 Å². The lowest BCUT2D eigenvalue weighted by Crippen LogP contribution is -2.60. The minimum absolute atomic E-state index is 0.00284. The van der Waals surface area contributed by atoms with Crippen molar-refractivity contribution in [2.24, 2.45) is 11.8 Å². The summed E-state index contributed by atoms with van der Waals surface area (Å²) < 4.78 is 0. The number of hydrogen-bond donors (Lipinski definition) is 0. The lowest BCUT2D eigenvalue weighted by molar-refractivity contribution is -0.164. The van der Waals surface area contributed by atoms with Crippen molar-refractivity contribution >= 4 is 58.0 Å². The Balaban J connectivity index is 2.50. The van der Waals surface area contributed by atoms with Gasteiger partial charge in [-0.2, -0.15) is 10.0 Å². The van der Waals surface area contributed by atoms with Gasteiger partial charge in [-0.15, -0.1) is 0 Å². The summed E-state index contributed by atoms with van der Waals surface area (Å²) in [5.74, 6) is -4.43. The first kappa shape index (κ1) is 50.9. The smallest absolute Gasteiger partial charge is 0.286 e. The third-order valence-corrected chi connectivity index (χ3v) is 12.4. The van der Waals surface area contributed by atoms with E-state index in [1.165, 1.54) is 30.4 Å². The number of aromatic nitrogens is 1. The number of nitrogens with zero attached hydrogens (tertiary/aromatic N) is 5. The van der Waals surface area contributed by atoms with Gasteiger partial charge in [0.15, 0.2) is 5.13 Å². The van der Waals surface area contributed by atoms with Crippen molar-refractivity contribution < 1.29 is 28.8 Å². The number of rotatable bonds is 20. The molecule has 12 heteroatoms. The van der Waals surface area contributed by atoms with Gasteiger partial charge in [0, 0.05) is 49.0 Å². The molecule has 2 aromatic rings. The van der Waals surface area contributed by atoms with Gasteiger partial charge in [0.2, 0.25) is 11.8 Å². The molecule has 0 N–H and O–H groups in total. The number of anilines is 1. The summed E-state index contributed by atoms with van der Waals surface area (Å²) in [7, 11) is 0. The first-order valence-electron chi connectivity index (χ1n) is 22.5. The lowest BCUT2D eigenvalue weighted by atomic mass is 9.86. The minimum atomic E-state index is -1.14. The fraction of sp³-hybridized carbons (Fsp3) is 0.612. The van der Waals surface area contributed by atoms with Gasteiger partial charge in [-0.3, -0.25) is 33.7 Å². The molecule has 1 unspecified atom stereocenters. The first-order chi connectivity index (χ1) is 28.7. The predicted octanol–water partition coefficient (Wildman–Crippen LogP) is 10.7. The molecule has 0 fully saturated rings. The molecule has 2 atom stereocenters. The van der Waals surface area contributed by atoms with Gasteiger partial charge in [-0.25, -0.2) is 4.98 Å². The molecule has 1 aliphatic rings. The maximum Gasteiger partial charge on any atom is 0.286 e. The normalized spacial score (nSPS) is 15.3. The van der Waals surface area contributed by atoms with E-state index in [-0.39, 0.29) is 23.1 Å². The van der Waals surface area contributed by atoms with Crippen molar-refractivity contribution in [2.45, 2.75) is 172 Å². The van der Waals surface area contributed by atoms with Crippen molar-refractivity contribution in [2.75, 3.05) is 18.0 Å². The summed E-state index contributed by atoms with van der Waals surface area (Å²) in [6.07, 6.45) is 11.9. The van der Waals surface area contributed by atoms with Gasteiger partial charge in [0.25, 0.3) is 23.6 Å². The number of thiazole rings is 1. The largest absolute Gasteiger partial charge is 0.348 e. The Morgan fingerprint density at radius 3 is 1.74 bits per heavy atom. The molecule has 0 saturated carbocycles. The molecule has 0 saturated heterocycles. The monoisotopic (exact) mass is 860 g/mol. The van der Waals surface area contributed by atoms with Crippen LogP contribution < -0.4 is 4.90 Å². The van der Waals surface area contributed by atoms with E-state index in [0.717, 1.165) is 87.1 Å². The number of unbranched alkanes of at least 4 members (excludes halogenated alkanes) is 3.